The predicted octanol–water partition coefficient (Wildman–Crippen LogP) is 1.61. The molecule has 1 aromatic rings. The van der Waals surface area contributed by atoms with E-state index < -0.39 is 11.9 Å². The van der Waals surface area contributed by atoms with Crippen molar-refractivity contribution in [2.45, 2.75) is 5.92 Å². The van der Waals surface area contributed by atoms with Crippen LogP contribution in [0.5, 0.6) is 0 Å². The second-order valence-corrected chi connectivity index (χ2v) is 3.54. The van der Waals surface area contributed by atoms with E-state index in [1.165, 1.54) is 0 Å². The number of benzene rings is 1. The quantitative estimate of drug-likeness (QED) is 0.850. The SMILES string of the molecule is O=C(O)C(CO)c1cccc(Br)c1. The first-order chi connectivity index (χ1) is 6.15. The van der Waals surface area contributed by atoms with Gasteiger partial charge in [0.2, 0.25) is 0 Å². The maximum absolute atomic E-state index is 10.7. The molecule has 13 heavy (non-hydrogen) atoms. The van der Waals surface area contributed by atoms with Crippen LogP contribution in [-0.2, 0) is 4.79 Å². The normalized spacial score (nSPS) is 12.5. The number of rotatable bonds is 3. The fourth-order valence-corrected chi connectivity index (χ4v) is 1.47. The Hall–Kier alpha value is -0.870. The van der Waals surface area contributed by atoms with Crippen LogP contribution < -0.4 is 0 Å². The zero-order valence-electron chi connectivity index (χ0n) is 6.77. The molecule has 0 spiro atoms. The summed E-state index contributed by atoms with van der Waals surface area (Å²) < 4.78 is 0.810. The monoisotopic (exact) mass is 244 g/mol. The molecule has 1 rings (SSSR count). The molecule has 0 aliphatic carbocycles. The van der Waals surface area contributed by atoms with Gasteiger partial charge in [-0.25, -0.2) is 0 Å². The van der Waals surface area contributed by atoms with Gasteiger partial charge in [0.05, 0.1) is 6.61 Å². The Morgan fingerprint density at radius 3 is 2.69 bits per heavy atom. The fourth-order valence-electron chi connectivity index (χ4n) is 1.05. The number of carboxylic acids is 1. The lowest BCUT2D eigenvalue weighted by Gasteiger charge is -2.08. The van der Waals surface area contributed by atoms with Crippen molar-refractivity contribution >= 4 is 21.9 Å². The minimum absolute atomic E-state index is 0.383. The molecular formula is C9H9BrO3. The van der Waals surface area contributed by atoms with Crippen molar-refractivity contribution in [3.05, 3.63) is 34.3 Å². The van der Waals surface area contributed by atoms with Gasteiger partial charge in [0.25, 0.3) is 0 Å². The third-order valence-corrected chi connectivity index (χ3v) is 2.22. The number of hydrogen-bond acceptors (Lipinski definition) is 2. The van der Waals surface area contributed by atoms with Gasteiger partial charge in [-0.2, -0.15) is 0 Å². The maximum atomic E-state index is 10.7. The zero-order valence-corrected chi connectivity index (χ0v) is 8.36. The Bertz CT molecular complexity index is 311. The average Bonchev–Trinajstić information content (AvgIpc) is 2.04. The van der Waals surface area contributed by atoms with Crippen LogP contribution in [-0.4, -0.2) is 22.8 Å². The van der Waals surface area contributed by atoms with E-state index in [1.807, 2.05) is 0 Å². The summed E-state index contributed by atoms with van der Waals surface area (Å²) in [6, 6.07) is 6.92. The molecule has 0 bridgehead atoms. The Balaban J connectivity index is 2.98. The lowest BCUT2D eigenvalue weighted by Crippen LogP contribution is -2.15. The average molecular weight is 245 g/mol. The topological polar surface area (TPSA) is 57.5 Å². The smallest absolute Gasteiger partial charge is 0.313 e. The molecule has 0 saturated carbocycles. The molecule has 0 aliphatic heterocycles. The number of carboxylic acid groups (broad SMARTS) is 1. The van der Waals surface area contributed by atoms with E-state index in [0.717, 1.165) is 4.47 Å². The zero-order chi connectivity index (χ0) is 9.84. The van der Waals surface area contributed by atoms with Gasteiger partial charge in [0, 0.05) is 4.47 Å². The van der Waals surface area contributed by atoms with Gasteiger partial charge < -0.3 is 10.2 Å². The summed E-state index contributed by atoms with van der Waals surface area (Å²) in [5.74, 6) is -1.85. The van der Waals surface area contributed by atoms with Crippen LogP contribution in [0.3, 0.4) is 0 Å². The molecule has 2 N–H and O–H groups in total. The first kappa shape index (κ1) is 10.2. The molecule has 0 saturated heterocycles. The Morgan fingerprint density at radius 2 is 2.23 bits per heavy atom. The Labute approximate surface area is 84.1 Å². The summed E-state index contributed by atoms with van der Waals surface area (Å²) in [5, 5.41) is 17.6. The van der Waals surface area contributed by atoms with Crippen molar-refractivity contribution in [2.24, 2.45) is 0 Å². The van der Waals surface area contributed by atoms with Gasteiger partial charge in [-0.15, -0.1) is 0 Å². The Kier molecular flexibility index (Phi) is 3.45. The second-order valence-electron chi connectivity index (χ2n) is 2.63. The molecule has 0 radical (unpaired) electrons. The van der Waals surface area contributed by atoms with E-state index in [0.29, 0.717) is 5.56 Å². The van der Waals surface area contributed by atoms with Crippen molar-refractivity contribution in [1.29, 1.82) is 0 Å². The number of aliphatic hydroxyl groups excluding tert-OH is 1. The van der Waals surface area contributed by atoms with Gasteiger partial charge in [-0.1, -0.05) is 28.1 Å². The third-order valence-electron chi connectivity index (χ3n) is 1.73. The number of hydrogen-bond donors (Lipinski definition) is 2. The summed E-state index contributed by atoms with van der Waals surface area (Å²) >= 11 is 3.23. The molecule has 0 fully saturated rings. The van der Waals surface area contributed by atoms with E-state index in [4.69, 9.17) is 10.2 Å². The summed E-state index contributed by atoms with van der Waals surface area (Å²) in [5.41, 5.74) is 0.601. The molecule has 70 valence electrons. The van der Waals surface area contributed by atoms with E-state index in [-0.39, 0.29) is 6.61 Å². The van der Waals surface area contributed by atoms with Gasteiger partial charge >= 0.3 is 5.97 Å². The highest BCUT2D eigenvalue weighted by molar-refractivity contribution is 9.10. The summed E-state index contributed by atoms with van der Waals surface area (Å²) in [4.78, 5) is 10.7. The summed E-state index contributed by atoms with van der Waals surface area (Å²) in [7, 11) is 0. The van der Waals surface area contributed by atoms with E-state index >= 15 is 0 Å². The number of halogens is 1. The molecule has 0 heterocycles. The van der Waals surface area contributed by atoms with Crippen LogP contribution in [0.4, 0.5) is 0 Å². The highest BCUT2D eigenvalue weighted by atomic mass is 79.9. The van der Waals surface area contributed by atoms with E-state index in [9.17, 15) is 4.79 Å². The van der Waals surface area contributed by atoms with Crippen LogP contribution >= 0.6 is 15.9 Å². The van der Waals surface area contributed by atoms with Crippen LogP contribution in [0.15, 0.2) is 28.7 Å². The molecular weight excluding hydrogens is 236 g/mol. The highest BCUT2D eigenvalue weighted by Gasteiger charge is 2.18. The van der Waals surface area contributed by atoms with Gasteiger partial charge in [-0.05, 0) is 17.7 Å². The third kappa shape index (κ3) is 2.54. The minimum Gasteiger partial charge on any atom is -0.481 e. The van der Waals surface area contributed by atoms with Gasteiger partial charge in [-0.3, -0.25) is 4.79 Å². The largest absolute Gasteiger partial charge is 0.481 e. The van der Waals surface area contributed by atoms with Crippen LogP contribution in [0.25, 0.3) is 0 Å². The minimum atomic E-state index is -1.01. The van der Waals surface area contributed by atoms with Crippen molar-refractivity contribution in [3.8, 4) is 0 Å². The predicted molar refractivity (Wildman–Crippen MR) is 51.6 cm³/mol. The molecule has 4 heteroatoms. The maximum Gasteiger partial charge on any atom is 0.313 e. The number of aliphatic carboxylic acids is 1. The molecule has 0 aromatic heterocycles. The number of carbonyl (C=O) groups is 1. The van der Waals surface area contributed by atoms with Gasteiger partial charge in [0.15, 0.2) is 0 Å². The van der Waals surface area contributed by atoms with E-state index in [1.54, 1.807) is 24.3 Å². The molecule has 1 aromatic carbocycles. The standard InChI is InChI=1S/C9H9BrO3/c10-7-3-1-2-6(4-7)8(5-11)9(12)13/h1-4,8,11H,5H2,(H,12,13). The first-order valence-corrected chi connectivity index (χ1v) is 4.53. The number of aliphatic hydroxyl groups is 1. The fraction of sp³-hybridized carbons (Fsp3) is 0.222. The van der Waals surface area contributed by atoms with Crippen molar-refractivity contribution in [3.63, 3.8) is 0 Å². The van der Waals surface area contributed by atoms with E-state index in [2.05, 4.69) is 15.9 Å². The molecule has 1 atom stereocenters. The lowest BCUT2D eigenvalue weighted by atomic mass is 10.0. The van der Waals surface area contributed by atoms with Crippen molar-refractivity contribution < 1.29 is 15.0 Å². The molecule has 0 aliphatic rings. The summed E-state index contributed by atoms with van der Waals surface area (Å²) in [6.45, 7) is -0.383. The van der Waals surface area contributed by atoms with Crippen molar-refractivity contribution in [2.75, 3.05) is 6.61 Å². The molecule has 3 nitrogen and oxygen atoms in total. The molecule has 0 amide bonds. The van der Waals surface area contributed by atoms with Crippen LogP contribution in [0.1, 0.15) is 11.5 Å². The summed E-state index contributed by atoms with van der Waals surface area (Å²) in [6.07, 6.45) is 0. The van der Waals surface area contributed by atoms with Crippen LogP contribution in [0.2, 0.25) is 0 Å². The second kappa shape index (κ2) is 4.39. The van der Waals surface area contributed by atoms with Gasteiger partial charge in [0.1, 0.15) is 5.92 Å². The van der Waals surface area contributed by atoms with Crippen LogP contribution in [0, 0.1) is 0 Å². The lowest BCUT2D eigenvalue weighted by molar-refractivity contribution is -0.139. The molecule has 1 unspecified atom stereocenters. The highest BCUT2D eigenvalue weighted by Crippen LogP contribution is 2.19. The first-order valence-electron chi connectivity index (χ1n) is 3.74. The van der Waals surface area contributed by atoms with Crippen molar-refractivity contribution in [1.82, 2.24) is 0 Å². The Morgan fingerprint density at radius 1 is 1.54 bits per heavy atom.